The second-order valence-corrected chi connectivity index (χ2v) is 3.57. The Kier molecular flexibility index (Phi) is 2.75. The molecule has 0 aromatic heterocycles. The molecule has 0 amide bonds. The van der Waals surface area contributed by atoms with Crippen LogP contribution < -0.4 is 5.32 Å². The highest BCUT2D eigenvalue weighted by atomic mass is 35.5. The molecule has 2 heterocycles. The van der Waals surface area contributed by atoms with Crippen LogP contribution in [0.25, 0.3) is 0 Å². The van der Waals surface area contributed by atoms with Gasteiger partial charge in [-0.2, -0.15) is 5.06 Å². The van der Waals surface area contributed by atoms with Gasteiger partial charge in [-0.15, -0.1) is 12.4 Å². The van der Waals surface area contributed by atoms with Gasteiger partial charge in [-0.05, 0) is 25.9 Å². The maximum absolute atomic E-state index is 8.98. The molecule has 2 aliphatic rings. The molecule has 0 saturated carbocycles. The average molecular weight is 179 g/mol. The van der Waals surface area contributed by atoms with E-state index in [9.17, 15) is 0 Å². The quantitative estimate of drug-likeness (QED) is 0.567. The monoisotopic (exact) mass is 178 g/mol. The van der Waals surface area contributed by atoms with Crippen LogP contribution in [0.4, 0.5) is 0 Å². The lowest BCUT2D eigenvalue weighted by molar-refractivity contribution is -0.214. The summed E-state index contributed by atoms with van der Waals surface area (Å²) in [5.74, 6) is 0. The molecule has 2 fully saturated rings. The predicted octanol–water partition coefficient (Wildman–Crippen LogP) is 0.483. The Morgan fingerprint density at radius 3 is 2.18 bits per heavy atom. The molecule has 0 aromatic rings. The summed E-state index contributed by atoms with van der Waals surface area (Å²) < 4.78 is 0. The van der Waals surface area contributed by atoms with E-state index < -0.39 is 0 Å². The van der Waals surface area contributed by atoms with Crippen molar-refractivity contribution in [1.29, 1.82) is 0 Å². The molecule has 2 rings (SSSR count). The summed E-state index contributed by atoms with van der Waals surface area (Å²) in [6.45, 7) is 4.06. The minimum absolute atomic E-state index is 0. The smallest absolute Gasteiger partial charge is 0.0309 e. The van der Waals surface area contributed by atoms with Gasteiger partial charge in [0.15, 0.2) is 0 Å². The molecular formula is C7H15ClN2O. The largest absolute Gasteiger partial charge is 0.317 e. The zero-order valence-electron chi connectivity index (χ0n) is 6.55. The first-order valence-electron chi connectivity index (χ1n) is 3.95. The molecule has 0 aliphatic carbocycles. The van der Waals surface area contributed by atoms with E-state index in [1.54, 1.807) is 0 Å². The van der Waals surface area contributed by atoms with Crippen LogP contribution in [0, 0.1) is 5.41 Å². The molecule has 0 radical (unpaired) electrons. The van der Waals surface area contributed by atoms with E-state index in [-0.39, 0.29) is 12.4 Å². The Morgan fingerprint density at radius 2 is 1.73 bits per heavy atom. The summed E-state index contributed by atoms with van der Waals surface area (Å²) in [4.78, 5) is 0. The van der Waals surface area contributed by atoms with Crippen LogP contribution in [-0.2, 0) is 0 Å². The van der Waals surface area contributed by atoms with Crippen LogP contribution >= 0.6 is 12.4 Å². The van der Waals surface area contributed by atoms with E-state index in [4.69, 9.17) is 5.21 Å². The number of halogens is 1. The number of hydrogen-bond acceptors (Lipinski definition) is 3. The first kappa shape index (κ1) is 9.26. The number of nitrogens with zero attached hydrogens (tertiary/aromatic N) is 1. The van der Waals surface area contributed by atoms with Gasteiger partial charge in [-0.25, -0.2) is 0 Å². The van der Waals surface area contributed by atoms with Crippen LogP contribution in [0.15, 0.2) is 0 Å². The summed E-state index contributed by atoms with van der Waals surface area (Å²) >= 11 is 0. The van der Waals surface area contributed by atoms with Crippen LogP contribution in [0.3, 0.4) is 0 Å². The molecule has 0 unspecified atom stereocenters. The third-order valence-corrected chi connectivity index (χ3v) is 2.70. The van der Waals surface area contributed by atoms with Crippen LogP contribution in [-0.4, -0.2) is 36.4 Å². The van der Waals surface area contributed by atoms with E-state index in [0.29, 0.717) is 5.41 Å². The first-order chi connectivity index (χ1) is 4.81. The Labute approximate surface area is 73.1 Å². The maximum atomic E-state index is 8.98. The van der Waals surface area contributed by atoms with Crippen molar-refractivity contribution in [2.24, 2.45) is 5.41 Å². The molecule has 11 heavy (non-hydrogen) atoms. The van der Waals surface area contributed by atoms with Crippen molar-refractivity contribution < 1.29 is 5.21 Å². The van der Waals surface area contributed by atoms with Gasteiger partial charge in [0.05, 0.1) is 0 Å². The highest BCUT2D eigenvalue weighted by Crippen LogP contribution is 2.37. The average Bonchev–Trinajstić information content (AvgIpc) is 1.87. The second kappa shape index (κ2) is 3.27. The molecule has 0 aromatic carbocycles. The van der Waals surface area contributed by atoms with Gasteiger partial charge < -0.3 is 10.5 Å². The number of nitrogens with one attached hydrogen (secondary N) is 1. The van der Waals surface area contributed by atoms with Crippen molar-refractivity contribution in [1.82, 2.24) is 10.4 Å². The van der Waals surface area contributed by atoms with E-state index in [1.165, 1.54) is 17.9 Å². The van der Waals surface area contributed by atoms with E-state index in [2.05, 4.69) is 5.32 Å². The minimum Gasteiger partial charge on any atom is -0.317 e. The number of hydroxylamine groups is 2. The van der Waals surface area contributed by atoms with Crippen LogP contribution in [0.2, 0.25) is 0 Å². The number of rotatable bonds is 0. The van der Waals surface area contributed by atoms with Gasteiger partial charge >= 0.3 is 0 Å². The SMILES string of the molecule is Cl.ON1CC2(CCNCC2)C1. The van der Waals surface area contributed by atoms with Gasteiger partial charge in [0, 0.05) is 18.5 Å². The standard InChI is InChI=1S/C7H14N2O.ClH/c10-9-5-7(6-9)1-3-8-4-2-7;/h8,10H,1-6H2;1H. The summed E-state index contributed by atoms with van der Waals surface area (Å²) in [5, 5.41) is 13.7. The second-order valence-electron chi connectivity index (χ2n) is 3.57. The topological polar surface area (TPSA) is 35.5 Å². The molecule has 1 spiro atoms. The number of piperidine rings is 1. The third-order valence-electron chi connectivity index (χ3n) is 2.70. The van der Waals surface area contributed by atoms with Crippen molar-refractivity contribution in [3.05, 3.63) is 0 Å². The van der Waals surface area contributed by atoms with Gasteiger partial charge in [-0.1, -0.05) is 0 Å². The fourth-order valence-corrected chi connectivity index (χ4v) is 2.00. The van der Waals surface area contributed by atoms with Crippen LogP contribution in [0.1, 0.15) is 12.8 Å². The van der Waals surface area contributed by atoms with Gasteiger partial charge in [0.1, 0.15) is 0 Å². The molecule has 3 nitrogen and oxygen atoms in total. The Hall–Kier alpha value is 0.170. The minimum atomic E-state index is 0. The van der Waals surface area contributed by atoms with Crippen molar-refractivity contribution in [3.63, 3.8) is 0 Å². The van der Waals surface area contributed by atoms with Crippen molar-refractivity contribution in [2.45, 2.75) is 12.8 Å². The summed E-state index contributed by atoms with van der Waals surface area (Å²) in [6, 6.07) is 0. The molecule has 2 aliphatic heterocycles. The summed E-state index contributed by atoms with van der Waals surface area (Å²) in [7, 11) is 0. The lowest BCUT2D eigenvalue weighted by Crippen LogP contribution is -2.58. The molecule has 0 bridgehead atoms. The highest BCUT2D eigenvalue weighted by molar-refractivity contribution is 5.85. The summed E-state index contributed by atoms with van der Waals surface area (Å²) in [6.07, 6.45) is 2.48. The van der Waals surface area contributed by atoms with Crippen molar-refractivity contribution in [3.8, 4) is 0 Å². The Bertz CT molecular complexity index is 121. The molecule has 4 heteroatoms. The first-order valence-corrected chi connectivity index (χ1v) is 3.95. The van der Waals surface area contributed by atoms with E-state index in [0.717, 1.165) is 26.2 Å². The zero-order chi connectivity index (χ0) is 7.03. The predicted molar refractivity (Wildman–Crippen MR) is 45.1 cm³/mol. The fraction of sp³-hybridized carbons (Fsp3) is 1.00. The molecule has 0 atom stereocenters. The van der Waals surface area contributed by atoms with Crippen molar-refractivity contribution in [2.75, 3.05) is 26.2 Å². The van der Waals surface area contributed by atoms with Crippen molar-refractivity contribution >= 4 is 12.4 Å². The Balaban J connectivity index is 0.000000605. The van der Waals surface area contributed by atoms with Gasteiger partial charge in [-0.3, -0.25) is 0 Å². The van der Waals surface area contributed by atoms with Gasteiger partial charge in [0.2, 0.25) is 0 Å². The number of hydrogen-bond donors (Lipinski definition) is 2. The van der Waals surface area contributed by atoms with Crippen LogP contribution in [0.5, 0.6) is 0 Å². The fourth-order valence-electron chi connectivity index (χ4n) is 2.00. The molecule has 66 valence electrons. The molecular weight excluding hydrogens is 164 g/mol. The van der Waals surface area contributed by atoms with E-state index >= 15 is 0 Å². The van der Waals surface area contributed by atoms with Gasteiger partial charge in [0.25, 0.3) is 0 Å². The summed E-state index contributed by atoms with van der Waals surface area (Å²) in [5.41, 5.74) is 0.486. The third kappa shape index (κ3) is 1.67. The van der Waals surface area contributed by atoms with E-state index in [1.807, 2.05) is 0 Å². The lowest BCUT2D eigenvalue weighted by Gasteiger charge is -2.49. The highest BCUT2D eigenvalue weighted by Gasteiger charge is 2.42. The maximum Gasteiger partial charge on any atom is 0.0309 e. The molecule has 2 N–H and O–H groups in total. The normalized spacial score (nSPS) is 29.2. The Morgan fingerprint density at radius 1 is 1.18 bits per heavy atom. The zero-order valence-corrected chi connectivity index (χ0v) is 7.36. The lowest BCUT2D eigenvalue weighted by atomic mass is 9.74. The molecule has 2 saturated heterocycles.